The fourth-order valence-electron chi connectivity index (χ4n) is 2.33. The summed E-state index contributed by atoms with van der Waals surface area (Å²) in [7, 11) is 1.78. The molecule has 6 heteroatoms. The summed E-state index contributed by atoms with van der Waals surface area (Å²) in [6.45, 7) is 0.808. The van der Waals surface area contributed by atoms with Crippen LogP contribution >= 0.6 is 0 Å². The van der Waals surface area contributed by atoms with Crippen molar-refractivity contribution in [3.05, 3.63) is 30.1 Å². The molecule has 1 atom stereocenters. The molecule has 1 heterocycles. The van der Waals surface area contributed by atoms with E-state index in [9.17, 15) is 9.59 Å². The van der Waals surface area contributed by atoms with Crippen molar-refractivity contribution in [1.82, 2.24) is 14.7 Å². The van der Waals surface area contributed by atoms with Gasteiger partial charge in [-0.2, -0.15) is 5.10 Å². The number of hydrogen-bond donors (Lipinski definition) is 1. The van der Waals surface area contributed by atoms with Crippen LogP contribution in [0.3, 0.4) is 0 Å². The van der Waals surface area contributed by atoms with E-state index < -0.39 is 5.97 Å². The number of carbonyl (C=O) groups excluding carboxylic acids is 1. The van der Waals surface area contributed by atoms with Crippen LogP contribution in [-0.2, 0) is 11.3 Å². The second-order valence-electron chi connectivity index (χ2n) is 5.16. The molecule has 0 fully saturated rings. The van der Waals surface area contributed by atoms with Gasteiger partial charge in [-0.1, -0.05) is 12.2 Å². The molecule has 1 aliphatic carbocycles. The molecule has 6 nitrogen and oxygen atoms in total. The maximum Gasteiger partial charge on any atom is 0.338 e. The molecule has 0 bridgehead atoms. The molecule has 0 saturated carbocycles. The molecule has 1 unspecified atom stereocenters. The zero-order valence-electron chi connectivity index (χ0n) is 11.5. The topological polar surface area (TPSA) is 75.4 Å². The molecule has 0 spiro atoms. The fraction of sp³-hybridized carbons (Fsp3) is 0.500. The Morgan fingerprint density at radius 2 is 2.30 bits per heavy atom. The van der Waals surface area contributed by atoms with Crippen LogP contribution < -0.4 is 0 Å². The van der Waals surface area contributed by atoms with E-state index in [1.807, 2.05) is 0 Å². The van der Waals surface area contributed by atoms with Gasteiger partial charge in [-0.25, -0.2) is 4.79 Å². The monoisotopic (exact) mass is 277 g/mol. The largest absolute Gasteiger partial charge is 0.478 e. The Morgan fingerprint density at radius 3 is 2.90 bits per heavy atom. The zero-order chi connectivity index (χ0) is 14.5. The van der Waals surface area contributed by atoms with Gasteiger partial charge in [0.2, 0.25) is 5.91 Å². The number of carboxylic acids is 1. The van der Waals surface area contributed by atoms with Gasteiger partial charge in [0.1, 0.15) is 6.54 Å². The fourth-order valence-corrected chi connectivity index (χ4v) is 2.33. The first-order valence-corrected chi connectivity index (χ1v) is 6.71. The highest BCUT2D eigenvalue weighted by atomic mass is 16.4. The second kappa shape index (κ2) is 6.36. The van der Waals surface area contributed by atoms with E-state index in [-0.39, 0.29) is 18.0 Å². The molecule has 20 heavy (non-hydrogen) atoms. The lowest BCUT2D eigenvalue weighted by atomic mass is 9.94. The molecule has 0 radical (unpaired) electrons. The van der Waals surface area contributed by atoms with Gasteiger partial charge in [0.15, 0.2) is 0 Å². The quantitative estimate of drug-likeness (QED) is 0.825. The number of aromatic carboxylic acids is 1. The van der Waals surface area contributed by atoms with Crippen molar-refractivity contribution in [3.63, 3.8) is 0 Å². The highest BCUT2D eigenvalue weighted by Crippen LogP contribution is 2.18. The van der Waals surface area contributed by atoms with E-state index in [2.05, 4.69) is 17.3 Å². The zero-order valence-corrected chi connectivity index (χ0v) is 11.5. The van der Waals surface area contributed by atoms with E-state index in [1.165, 1.54) is 17.1 Å². The van der Waals surface area contributed by atoms with Crippen LogP contribution in [0, 0.1) is 5.92 Å². The third-order valence-electron chi connectivity index (χ3n) is 3.51. The molecule has 1 aromatic rings. The summed E-state index contributed by atoms with van der Waals surface area (Å²) >= 11 is 0. The van der Waals surface area contributed by atoms with Gasteiger partial charge >= 0.3 is 5.97 Å². The Hall–Kier alpha value is -2.11. The number of carboxylic acid groups (broad SMARTS) is 1. The first kappa shape index (κ1) is 14.3. The molecular weight excluding hydrogens is 258 g/mol. The molecule has 0 saturated heterocycles. The molecule has 108 valence electrons. The maximum atomic E-state index is 12.1. The van der Waals surface area contributed by atoms with Crippen LogP contribution in [0.25, 0.3) is 0 Å². The van der Waals surface area contributed by atoms with Crippen molar-refractivity contribution in [2.24, 2.45) is 5.92 Å². The van der Waals surface area contributed by atoms with Gasteiger partial charge in [0.05, 0.1) is 11.8 Å². The van der Waals surface area contributed by atoms with Crippen molar-refractivity contribution >= 4 is 11.9 Å². The Kier molecular flexibility index (Phi) is 4.55. The Morgan fingerprint density at radius 1 is 1.50 bits per heavy atom. The third kappa shape index (κ3) is 3.69. The minimum atomic E-state index is -1.04. The first-order valence-electron chi connectivity index (χ1n) is 6.71. The first-order chi connectivity index (χ1) is 9.56. The number of amides is 1. The van der Waals surface area contributed by atoms with Gasteiger partial charge in [0.25, 0.3) is 0 Å². The molecule has 1 aliphatic rings. The summed E-state index contributed by atoms with van der Waals surface area (Å²) in [4.78, 5) is 24.5. The molecule has 1 N–H and O–H groups in total. The van der Waals surface area contributed by atoms with E-state index in [1.54, 1.807) is 11.9 Å². The Labute approximate surface area is 117 Å². The van der Waals surface area contributed by atoms with E-state index in [0.29, 0.717) is 5.92 Å². The van der Waals surface area contributed by atoms with E-state index in [4.69, 9.17) is 5.11 Å². The van der Waals surface area contributed by atoms with Gasteiger partial charge in [-0.05, 0) is 25.2 Å². The number of likely N-dealkylation sites (N-methyl/N-ethyl adjacent to an activating group) is 1. The normalized spacial score (nSPS) is 17.9. The number of nitrogens with zero attached hydrogens (tertiary/aromatic N) is 3. The van der Waals surface area contributed by atoms with Gasteiger partial charge in [-0.15, -0.1) is 0 Å². The van der Waals surface area contributed by atoms with Crippen molar-refractivity contribution in [1.29, 1.82) is 0 Å². The molecular formula is C14H19N3O3. The summed E-state index contributed by atoms with van der Waals surface area (Å²) in [5.74, 6) is -0.577. The van der Waals surface area contributed by atoms with Crippen molar-refractivity contribution in [3.8, 4) is 0 Å². The van der Waals surface area contributed by atoms with E-state index in [0.717, 1.165) is 25.8 Å². The standard InChI is InChI=1S/C14H19N3O3/c1-16(8-11-5-3-2-4-6-11)13(18)10-17-9-12(7-15-17)14(19)20/h2-3,7,9,11H,4-6,8,10H2,1H3,(H,19,20). The lowest BCUT2D eigenvalue weighted by Crippen LogP contribution is -2.34. The average Bonchev–Trinajstić information content (AvgIpc) is 2.88. The summed E-state index contributed by atoms with van der Waals surface area (Å²) in [5.41, 5.74) is 0.0953. The second-order valence-corrected chi connectivity index (χ2v) is 5.16. The van der Waals surface area contributed by atoms with Crippen molar-refractivity contribution in [2.75, 3.05) is 13.6 Å². The summed E-state index contributed by atoms with van der Waals surface area (Å²) < 4.78 is 1.36. The minimum absolute atomic E-state index is 0.0559. The number of hydrogen-bond acceptors (Lipinski definition) is 3. The Bertz CT molecular complexity index is 521. The summed E-state index contributed by atoms with van der Waals surface area (Å²) in [6.07, 6.45) is 10.2. The predicted molar refractivity (Wildman–Crippen MR) is 73.3 cm³/mol. The number of allylic oxidation sites excluding steroid dienone is 2. The third-order valence-corrected chi connectivity index (χ3v) is 3.51. The number of aromatic nitrogens is 2. The number of rotatable bonds is 5. The maximum absolute atomic E-state index is 12.1. The predicted octanol–water partition coefficient (Wildman–Crippen LogP) is 1.40. The smallest absolute Gasteiger partial charge is 0.338 e. The number of carbonyl (C=O) groups is 2. The lowest BCUT2D eigenvalue weighted by Gasteiger charge is -2.24. The molecule has 1 aromatic heterocycles. The van der Waals surface area contributed by atoms with Crippen LogP contribution in [0.15, 0.2) is 24.5 Å². The summed E-state index contributed by atoms with van der Waals surface area (Å²) in [6, 6.07) is 0. The van der Waals surface area contributed by atoms with Crippen LogP contribution in [0.4, 0.5) is 0 Å². The van der Waals surface area contributed by atoms with Gasteiger partial charge < -0.3 is 10.0 Å². The van der Waals surface area contributed by atoms with Crippen LogP contribution in [0.1, 0.15) is 29.6 Å². The molecule has 0 aromatic carbocycles. The lowest BCUT2D eigenvalue weighted by molar-refractivity contribution is -0.131. The van der Waals surface area contributed by atoms with Gasteiger partial charge in [-0.3, -0.25) is 9.48 Å². The molecule has 2 rings (SSSR count). The van der Waals surface area contributed by atoms with Crippen LogP contribution in [-0.4, -0.2) is 45.3 Å². The summed E-state index contributed by atoms with van der Waals surface area (Å²) in [5, 5.41) is 12.7. The highest BCUT2D eigenvalue weighted by Gasteiger charge is 2.17. The highest BCUT2D eigenvalue weighted by molar-refractivity contribution is 5.87. The SMILES string of the molecule is CN(CC1CC=CCC1)C(=O)Cn1cc(C(=O)O)cn1. The minimum Gasteiger partial charge on any atom is -0.478 e. The van der Waals surface area contributed by atoms with Crippen molar-refractivity contribution in [2.45, 2.75) is 25.8 Å². The molecule has 1 amide bonds. The average molecular weight is 277 g/mol. The van der Waals surface area contributed by atoms with Crippen LogP contribution in [0.2, 0.25) is 0 Å². The van der Waals surface area contributed by atoms with Crippen molar-refractivity contribution < 1.29 is 14.7 Å². The Balaban J connectivity index is 1.86. The van der Waals surface area contributed by atoms with Crippen LogP contribution in [0.5, 0.6) is 0 Å². The van der Waals surface area contributed by atoms with E-state index >= 15 is 0 Å². The molecule has 0 aliphatic heterocycles. The van der Waals surface area contributed by atoms with Gasteiger partial charge in [0, 0.05) is 19.8 Å².